The Bertz CT molecular complexity index is 1540. The van der Waals surface area contributed by atoms with E-state index in [9.17, 15) is 14.0 Å². The van der Waals surface area contributed by atoms with Gasteiger partial charge in [-0.2, -0.15) is 0 Å². The van der Waals surface area contributed by atoms with Crippen LogP contribution in [0.1, 0.15) is 5.56 Å². The molecule has 5 aromatic rings. The van der Waals surface area contributed by atoms with Crippen LogP contribution in [0.4, 0.5) is 10.1 Å². The first-order valence-corrected chi connectivity index (χ1v) is 11.0. The van der Waals surface area contributed by atoms with Gasteiger partial charge in [0, 0.05) is 15.5 Å². The van der Waals surface area contributed by atoms with Gasteiger partial charge >= 0.3 is 0 Å². The van der Waals surface area contributed by atoms with E-state index in [1.807, 2.05) is 42.5 Å². The van der Waals surface area contributed by atoms with Gasteiger partial charge in [0.25, 0.3) is 5.56 Å². The highest BCUT2D eigenvalue weighted by Gasteiger charge is 2.19. The lowest BCUT2D eigenvalue weighted by Gasteiger charge is -2.10. The fraction of sp³-hybridized carbons (Fsp3) is 0.0800. The van der Waals surface area contributed by atoms with Crippen molar-refractivity contribution >= 4 is 49.5 Å². The van der Waals surface area contributed by atoms with E-state index < -0.39 is 5.82 Å². The number of amides is 1. The second-order valence-corrected chi connectivity index (χ2v) is 8.58. The predicted octanol–water partition coefficient (Wildman–Crippen LogP) is 4.94. The largest absolute Gasteiger partial charge is 0.325 e. The Hall–Kier alpha value is -3.78. The van der Waals surface area contributed by atoms with E-state index in [2.05, 4.69) is 26.2 Å². The first kappa shape index (κ1) is 21.1. The third-order valence-electron chi connectivity index (χ3n) is 5.41. The number of hydrogen-bond donors (Lipinski definition) is 1. The minimum absolute atomic E-state index is 0.117. The van der Waals surface area contributed by atoms with Gasteiger partial charge < -0.3 is 9.88 Å². The number of carbonyl (C=O) groups is 1. The number of hydrogen-bond acceptors (Lipinski definition) is 3. The number of aromatic nitrogens is 3. The summed E-state index contributed by atoms with van der Waals surface area (Å²) in [6.45, 7) is 0.220. The molecular formula is C25H18BrFN4O2. The summed E-state index contributed by atoms with van der Waals surface area (Å²) in [5.74, 6) is -0.741. The molecule has 0 radical (unpaired) electrons. The van der Waals surface area contributed by atoms with Crippen molar-refractivity contribution < 1.29 is 9.18 Å². The van der Waals surface area contributed by atoms with Gasteiger partial charge in [-0.3, -0.25) is 14.2 Å². The van der Waals surface area contributed by atoms with Crippen LogP contribution in [0.3, 0.4) is 0 Å². The minimum atomic E-state index is -0.434. The highest BCUT2D eigenvalue weighted by Crippen LogP contribution is 2.26. The summed E-state index contributed by atoms with van der Waals surface area (Å²) >= 11 is 3.37. The number of benzene rings is 3. The molecule has 8 heteroatoms. The number of rotatable bonds is 5. The topological polar surface area (TPSA) is 68.9 Å². The van der Waals surface area contributed by atoms with Crippen LogP contribution in [0.5, 0.6) is 0 Å². The van der Waals surface area contributed by atoms with Crippen molar-refractivity contribution in [2.45, 2.75) is 13.1 Å². The average molecular weight is 505 g/mol. The van der Waals surface area contributed by atoms with E-state index in [1.54, 1.807) is 22.8 Å². The van der Waals surface area contributed by atoms with Crippen LogP contribution in [0.15, 0.2) is 88.4 Å². The molecule has 0 aliphatic carbocycles. The Morgan fingerprint density at radius 3 is 2.55 bits per heavy atom. The Kier molecular flexibility index (Phi) is 5.51. The maximum Gasteiger partial charge on any atom is 0.278 e. The SMILES string of the molecule is O=C(Cn1c2ccc(F)cc2c2ncn(Cc3ccccc3)c(=O)c21)Nc1ccc(Br)cc1. The normalized spacial score (nSPS) is 11.2. The smallest absolute Gasteiger partial charge is 0.278 e. The van der Waals surface area contributed by atoms with Gasteiger partial charge in [-0.15, -0.1) is 0 Å². The van der Waals surface area contributed by atoms with Gasteiger partial charge in [-0.05, 0) is 48.0 Å². The third kappa shape index (κ3) is 4.17. The van der Waals surface area contributed by atoms with Crippen LogP contribution in [-0.2, 0) is 17.9 Å². The molecule has 0 atom stereocenters. The fourth-order valence-corrected chi connectivity index (χ4v) is 4.17. The molecule has 0 fully saturated rings. The van der Waals surface area contributed by atoms with E-state index >= 15 is 0 Å². The summed E-state index contributed by atoms with van der Waals surface area (Å²) in [7, 11) is 0. The van der Waals surface area contributed by atoms with Crippen molar-refractivity contribution in [2.75, 3.05) is 5.32 Å². The van der Waals surface area contributed by atoms with E-state index in [-0.39, 0.29) is 23.5 Å². The molecule has 3 aromatic carbocycles. The zero-order chi connectivity index (χ0) is 22.9. The van der Waals surface area contributed by atoms with Crippen LogP contribution in [-0.4, -0.2) is 20.0 Å². The molecule has 1 N–H and O–H groups in total. The molecule has 164 valence electrons. The van der Waals surface area contributed by atoms with Crippen molar-refractivity contribution in [3.05, 3.63) is 105 Å². The van der Waals surface area contributed by atoms with E-state index in [1.165, 1.54) is 23.0 Å². The zero-order valence-corrected chi connectivity index (χ0v) is 18.9. The number of nitrogens with one attached hydrogen (secondary N) is 1. The Balaban J connectivity index is 1.60. The standard InChI is InChI=1S/C25H18BrFN4O2/c26-17-6-9-19(10-7-17)29-22(32)14-31-21-11-8-18(27)12-20(21)23-24(31)25(33)30(15-28-23)13-16-4-2-1-3-5-16/h1-12,15H,13-14H2,(H,29,32). The number of anilines is 1. The second kappa shape index (κ2) is 8.63. The molecule has 0 bridgehead atoms. The van der Waals surface area contributed by atoms with Crippen LogP contribution >= 0.6 is 15.9 Å². The van der Waals surface area contributed by atoms with Crippen molar-refractivity contribution in [1.29, 1.82) is 0 Å². The number of halogens is 2. The second-order valence-electron chi connectivity index (χ2n) is 7.66. The lowest BCUT2D eigenvalue weighted by atomic mass is 10.2. The van der Waals surface area contributed by atoms with Crippen molar-refractivity contribution in [1.82, 2.24) is 14.1 Å². The molecule has 0 unspecified atom stereocenters. The molecule has 0 aliphatic heterocycles. The third-order valence-corrected chi connectivity index (χ3v) is 5.94. The summed E-state index contributed by atoms with van der Waals surface area (Å²) in [6.07, 6.45) is 1.47. The van der Waals surface area contributed by atoms with E-state index in [4.69, 9.17) is 0 Å². The molecule has 2 aromatic heterocycles. The average Bonchev–Trinajstić information content (AvgIpc) is 3.11. The molecule has 33 heavy (non-hydrogen) atoms. The number of carbonyl (C=O) groups excluding carboxylic acids is 1. The first-order valence-electron chi connectivity index (χ1n) is 10.3. The molecule has 0 spiro atoms. The predicted molar refractivity (Wildman–Crippen MR) is 130 cm³/mol. The van der Waals surface area contributed by atoms with Crippen molar-refractivity contribution in [2.24, 2.45) is 0 Å². The maximum absolute atomic E-state index is 14.0. The van der Waals surface area contributed by atoms with Gasteiger partial charge in [0.15, 0.2) is 0 Å². The summed E-state index contributed by atoms with van der Waals surface area (Å²) in [6, 6.07) is 21.0. The van der Waals surface area contributed by atoms with Crippen LogP contribution in [0, 0.1) is 5.82 Å². The quantitative estimate of drug-likeness (QED) is 0.368. The van der Waals surface area contributed by atoms with Crippen LogP contribution in [0.25, 0.3) is 21.9 Å². The number of nitrogens with zero attached hydrogens (tertiary/aromatic N) is 3. The molecular weight excluding hydrogens is 487 g/mol. The molecule has 0 saturated carbocycles. The van der Waals surface area contributed by atoms with Gasteiger partial charge in [-0.1, -0.05) is 46.3 Å². The monoisotopic (exact) mass is 504 g/mol. The van der Waals surface area contributed by atoms with Gasteiger partial charge in [0.1, 0.15) is 23.4 Å². The van der Waals surface area contributed by atoms with E-state index in [0.29, 0.717) is 28.7 Å². The highest BCUT2D eigenvalue weighted by molar-refractivity contribution is 9.10. The lowest BCUT2D eigenvalue weighted by Crippen LogP contribution is -2.25. The summed E-state index contributed by atoms with van der Waals surface area (Å²) in [4.78, 5) is 30.8. The lowest BCUT2D eigenvalue weighted by molar-refractivity contribution is -0.116. The highest BCUT2D eigenvalue weighted by atomic mass is 79.9. The Labute approximate surface area is 196 Å². The van der Waals surface area contributed by atoms with E-state index in [0.717, 1.165) is 10.0 Å². The van der Waals surface area contributed by atoms with Crippen molar-refractivity contribution in [3.63, 3.8) is 0 Å². The summed E-state index contributed by atoms with van der Waals surface area (Å²) in [5, 5.41) is 3.33. The molecule has 0 aliphatic rings. The molecule has 6 nitrogen and oxygen atoms in total. The minimum Gasteiger partial charge on any atom is -0.325 e. The van der Waals surface area contributed by atoms with Crippen LogP contribution in [0.2, 0.25) is 0 Å². The number of fused-ring (bicyclic) bond motifs is 3. The van der Waals surface area contributed by atoms with Gasteiger partial charge in [0.2, 0.25) is 5.91 Å². The summed E-state index contributed by atoms with van der Waals surface area (Å²) in [5.41, 5.74) is 2.49. The molecule has 0 saturated heterocycles. The van der Waals surface area contributed by atoms with Gasteiger partial charge in [0.05, 0.1) is 18.4 Å². The summed E-state index contributed by atoms with van der Waals surface area (Å²) < 4.78 is 18.0. The van der Waals surface area contributed by atoms with Crippen LogP contribution < -0.4 is 10.9 Å². The maximum atomic E-state index is 14.0. The van der Waals surface area contributed by atoms with Crippen molar-refractivity contribution in [3.8, 4) is 0 Å². The molecule has 5 rings (SSSR count). The zero-order valence-electron chi connectivity index (χ0n) is 17.3. The fourth-order valence-electron chi connectivity index (χ4n) is 3.91. The van der Waals surface area contributed by atoms with Gasteiger partial charge in [-0.25, -0.2) is 9.37 Å². The Morgan fingerprint density at radius 2 is 1.79 bits per heavy atom. The Morgan fingerprint density at radius 1 is 1.03 bits per heavy atom. The molecule has 2 heterocycles. The molecule has 1 amide bonds. The first-order chi connectivity index (χ1) is 16.0.